The fourth-order valence-corrected chi connectivity index (χ4v) is 2.30. The van der Waals surface area contributed by atoms with Crippen LogP contribution in [0.2, 0.25) is 0 Å². The molecule has 4 heteroatoms. The first-order valence-corrected chi connectivity index (χ1v) is 6.78. The van der Waals surface area contributed by atoms with Crippen molar-refractivity contribution >= 4 is 22.8 Å². The number of aryl methyl sites for hydroxylation is 1. The molecule has 0 bridgehead atoms. The van der Waals surface area contributed by atoms with E-state index in [4.69, 9.17) is 4.74 Å². The van der Waals surface area contributed by atoms with Gasteiger partial charge >= 0.3 is 0 Å². The van der Waals surface area contributed by atoms with Crippen molar-refractivity contribution in [1.82, 2.24) is 4.98 Å². The molecule has 0 radical (unpaired) electrons. The Hall–Kier alpha value is -2.75. The second kappa shape index (κ2) is 5.71. The zero-order valence-electron chi connectivity index (χ0n) is 12.1. The van der Waals surface area contributed by atoms with Crippen molar-refractivity contribution < 1.29 is 4.74 Å². The number of nitrogens with zero attached hydrogens (tertiary/aromatic N) is 1. The number of rotatable bonds is 4. The minimum Gasteiger partial charge on any atom is -0.497 e. The van der Waals surface area contributed by atoms with Gasteiger partial charge in [0.1, 0.15) is 5.75 Å². The Morgan fingerprint density at radius 2 is 1.86 bits per heavy atom. The van der Waals surface area contributed by atoms with Gasteiger partial charge in [-0.15, -0.1) is 0 Å². The molecule has 1 aromatic heterocycles. The molecule has 0 atom stereocenters. The van der Waals surface area contributed by atoms with Crippen LogP contribution in [0.25, 0.3) is 10.9 Å². The number of H-pyrrole nitrogens is 1. The Morgan fingerprint density at radius 1 is 1.10 bits per heavy atom. The van der Waals surface area contributed by atoms with Crippen molar-refractivity contribution in [2.45, 2.75) is 6.92 Å². The van der Waals surface area contributed by atoms with Crippen LogP contribution in [0, 0.1) is 6.92 Å². The number of methoxy groups -OCH3 is 1. The first-order valence-electron chi connectivity index (χ1n) is 6.78. The van der Waals surface area contributed by atoms with Crippen molar-refractivity contribution in [2.24, 2.45) is 5.10 Å². The predicted molar refractivity (Wildman–Crippen MR) is 87.2 cm³/mol. The standard InChI is InChI=1S/C17H17N3O/c1-12-16(15-5-3-4-6-17(15)19-12)11-18-20-13-7-9-14(21-2)10-8-13/h3-11,19-20H,1-2H3/b18-11+. The fraction of sp³-hybridized carbons (Fsp3) is 0.118. The molecule has 1 heterocycles. The third-order valence-corrected chi connectivity index (χ3v) is 3.42. The minimum atomic E-state index is 0.831. The minimum absolute atomic E-state index is 0.831. The normalized spacial score (nSPS) is 11.1. The number of nitrogens with one attached hydrogen (secondary N) is 2. The fourth-order valence-electron chi connectivity index (χ4n) is 2.30. The molecule has 0 aliphatic rings. The van der Waals surface area contributed by atoms with Gasteiger partial charge in [0.2, 0.25) is 0 Å². The zero-order valence-corrected chi connectivity index (χ0v) is 12.1. The lowest BCUT2D eigenvalue weighted by Gasteiger charge is -2.02. The summed E-state index contributed by atoms with van der Waals surface area (Å²) in [5.74, 6) is 0.831. The molecule has 21 heavy (non-hydrogen) atoms. The Bertz CT molecular complexity index is 772. The van der Waals surface area contributed by atoms with Crippen LogP contribution < -0.4 is 10.2 Å². The number of aromatic amines is 1. The summed E-state index contributed by atoms with van der Waals surface area (Å²) in [6, 6.07) is 15.9. The number of para-hydroxylation sites is 1. The van der Waals surface area contributed by atoms with Crippen LogP contribution >= 0.6 is 0 Å². The number of ether oxygens (including phenoxy) is 1. The Labute approximate surface area is 123 Å². The van der Waals surface area contributed by atoms with Gasteiger partial charge in [0.25, 0.3) is 0 Å². The number of hydrazone groups is 1. The van der Waals surface area contributed by atoms with Crippen molar-refractivity contribution in [1.29, 1.82) is 0 Å². The van der Waals surface area contributed by atoms with Gasteiger partial charge in [-0.05, 0) is 37.3 Å². The van der Waals surface area contributed by atoms with Crippen LogP contribution in [0.5, 0.6) is 5.75 Å². The molecule has 4 nitrogen and oxygen atoms in total. The average molecular weight is 279 g/mol. The summed E-state index contributed by atoms with van der Waals surface area (Å²) in [7, 11) is 1.65. The third-order valence-electron chi connectivity index (χ3n) is 3.42. The maximum absolute atomic E-state index is 5.13. The molecular formula is C17H17N3O. The molecule has 0 aliphatic heterocycles. The highest BCUT2D eigenvalue weighted by Crippen LogP contribution is 2.20. The SMILES string of the molecule is COc1ccc(N/N=C/c2c(C)[nH]c3ccccc23)cc1. The van der Waals surface area contributed by atoms with Gasteiger partial charge < -0.3 is 9.72 Å². The largest absolute Gasteiger partial charge is 0.497 e. The number of hydrogen-bond donors (Lipinski definition) is 2. The topological polar surface area (TPSA) is 49.4 Å². The van der Waals surface area contributed by atoms with Gasteiger partial charge in [-0.25, -0.2) is 0 Å². The third kappa shape index (κ3) is 2.74. The Morgan fingerprint density at radius 3 is 2.62 bits per heavy atom. The molecule has 0 aliphatic carbocycles. The second-order valence-electron chi connectivity index (χ2n) is 4.81. The molecule has 0 spiro atoms. The molecule has 0 saturated heterocycles. The van der Waals surface area contributed by atoms with Crippen molar-refractivity contribution in [3.05, 3.63) is 59.8 Å². The van der Waals surface area contributed by atoms with E-state index in [1.165, 1.54) is 5.39 Å². The van der Waals surface area contributed by atoms with Crippen molar-refractivity contribution in [3.8, 4) is 5.75 Å². The van der Waals surface area contributed by atoms with Crippen LogP contribution in [0.4, 0.5) is 5.69 Å². The van der Waals surface area contributed by atoms with Crippen LogP contribution in [-0.4, -0.2) is 18.3 Å². The number of benzene rings is 2. The van der Waals surface area contributed by atoms with E-state index in [0.29, 0.717) is 0 Å². The van der Waals surface area contributed by atoms with E-state index in [1.54, 1.807) is 7.11 Å². The van der Waals surface area contributed by atoms with Gasteiger partial charge in [0.05, 0.1) is 19.0 Å². The van der Waals surface area contributed by atoms with Gasteiger partial charge in [-0.1, -0.05) is 18.2 Å². The van der Waals surface area contributed by atoms with Gasteiger partial charge in [0, 0.05) is 22.2 Å². The summed E-state index contributed by atoms with van der Waals surface area (Å²) in [5, 5.41) is 5.49. The molecule has 3 aromatic rings. The average Bonchev–Trinajstić information content (AvgIpc) is 2.84. The van der Waals surface area contributed by atoms with Crippen LogP contribution in [-0.2, 0) is 0 Å². The zero-order chi connectivity index (χ0) is 14.7. The van der Waals surface area contributed by atoms with E-state index < -0.39 is 0 Å². The molecule has 2 N–H and O–H groups in total. The van der Waals surface area contributed by atoms with E-state index >= 15 is 0 Å². The first kappa shape index (κ1) is 13.2. The highest BCUT2D eigenvalue weighted by Gasteiger charge is 2.04. The molecule has 0 fully saturated rings. The summed E-state index contributed by atoms with van der Waals surface area (Å²) >= 11 is 0. The van der Waals surface area contributed by atoms with Crippen molar-refractivity contribution in [3.63, 3.8) is 0 Å². The van der Waals surface area contributed by atoms with E-state index in [0.717, 1.165) is 28.2 Å². The number of aromatic nitrogens is 1. The number of hydrogen-bond acceptors (Lipinski definition) is 3. The summed E-state index contributed by atoms with van der Waals surface area (Å²) in [6.07, 6.45) is 1.85. The molecular weight excluding hydrogens is 262 g/mol. The smallest absolute Gasteiger partial charge is 0.119 e. The summed E-state index contributed by atoms with van der Waals surface area (Å²) in [6.45, 7) is 2.05. The maximum Gasteiger partial charge on any atom is 0.119 e. The molecule has 0 unspecified atom stereocenters. The van der Waals surface area contributed by atoms with Crippen LogP contribution in [0.3, 0.4) is 0 Å². The van der Waals surface area contributed by atoms with E-state index in [2.05, 4.69) is 34.6 Å². The molecule has 0 amide bonds. The summed E-state index contributed by atoms with van der Waals surface area (Å²) < 4.78 is 5.13. The summed E-state index contributed by atoms with van der Waals surface area (Å²) in [4.78, 5) is 3.36. The molecule has 0 saturated carbocycles. The van der Waals surface area contributed by atoms with Crippen LogP contribution in [0.1, 0.15) is 11.3 Å². The summed E-state index contributed by atoms with van der Waals surface area (Å²) in [5.41, 5.74) is 7.28. The Balaban J connectivity index is 1.79. The predicted octanol–water partition coefficient (Wildman–Crippen LogP) is 3.93. The van der Waals surface area contributed by atoms with E-state index in [-0.39, 0.29) is 0 Å². The quantitative estimate of drug-likeness (QED) is 0.561. The molecule has 2 aromatic carbocycles. The maximum atomic E-state index is 5.13. The molecule has 3 rings (SSSR count). The number of fused-ring (bicyclic) bond motifs is 1. The first-order chi connectivity index (χ1) is 10.3. The number of anilines is 1. The van der Waals surface area contributed by atoms with Gasteiger partial charge in [0.15, 0.2) is 0 Å². The highest BCUT2D eigenvalue weighted by atomic mass is 16.5. The monoisotopic (exact) mass is 279 g/mol. The van der Waals surface area contributed by atoms with Crippen LogP contribution in [0.15, 0.2) is 53.6 Å². The lowest BCUT2D eigenvalue weighted by Crippen LogP contribution is -1.91. The second-order valence-corrected chi connectivity index (χ2v) is 4.81. The van der Waals surface area contributed by atoms with E-state index in [1.807, 2.05) is 42.6 Å². The Kier molecular flexibility index (Phi) is 3.60. The van der Waals surface area contributed by atoms with Gasteiger partial charge in [-0.2, -0.15) is 5.10 Å². The van der Waals surface area contributed by atoms with Crippen molar-refractivity contribution in [2.75, 3.05) is 12.5 Å². The van der Waals surface area contributed by atoms with E-state index in [9.17, 15) is 0 Å². The lowest BCUT2D eigenvalue weighted by molar-refractivity contribution is 0.415. The lowest BCUT2D eigenvalue weighted by atomic mass is 10.1. The van der Waals surface area contributed by atoms with Gasteiger partial charge in [-0.3, -0.25) is 5.43 Å². The molecule has 106 valence electrons. The highest BCUT2D eigenvalue weighted by molar-refractivity contribution is 6.00.